The van der Waals surface area contributed by atoms with Crippen molar-refractivity contribution in [3.05, 3.63) is 0 Å². The molecule has 1 fully saturated rings. The molecule has 2 nitrogen and oxygen atoms in total. The Kier molecular flexibility index (Phi) is 3.74. The molecule has 2 heteroatoms. The summed E-state index contributed by atoms with van der Waals surface area (Å²) in [6.07, 6.45) is 5.47. The molecule has 0 aromatic heterocycles. The van der Waals surface area contributed by atoms with E-state index >= 15 is 0 Å². The van der Waals surface area contributed by atoms with Gasteiger partial charge in [0.2, 0.25) is 0 Å². The van der Waals surface area contributed by atoms with E-state index in [4.69, 9.17) is 5.73 Å². The molecule has 1 atom stereocenters. The minimum Gasteiger partial charge on any atom is -0.393 e. The fourth-order valence-electron chi connectivity index (χ4n) is 2.21. The van der Waals surface area contributed by atoms with Gasteiger partial charge in [0.25, 0.3) is 0 Å². The molecule has 1 aliphatic carbocycles. The Morgan fingerprint density at radius 3 is 2.38 bits per heavy atom. The molecule has 1 unspecified atom stereocenters. The summed E-state index contributed by atoms with van der Waals surface area (Å²) < 4.78 is 0. The summed E-state index contributed by atoms with van der Waals surface area (Å²) in [6.45, 7) is 5.25. The van der Waals surface area contributed by atoms with Crippen molar-refractivity contribution in [2.24, 2.45) is 17.1 Å². The highest BCUT2D eigenvalue weighted by Gasteiger charge is 2.29. The largest absolute Gasteiger partial charge is 0.393 e. The third-order valence-electron chi connectivity index (χ3n) is 3.39. The molecule has 0 radical (unpaired) electrons. The van der Waals surface area contributed by atoms with Gasteiger partial charge in [0.1, 0.15) is 0 Å². The van der Waals surface area contributed by atoms with Gasteiger partial charge in [-0.15, -0.1) is 0 Å². The van der Waals surface area contributed by atoms with E-state index in [1.807, 2.05) is 0 Å². The first-order chi connectivity index (χ1) is 6.05. The van der Waals surface area contributed by atoms with Gasteiger partial charge >= 0.3 is 0 Å². The summed E-state index contributed by atoms with van der Waals surface area (Å²) in [7, 11) is 0. The fraction of sp³-hybridized carbons (Fsp3) is 1.00. The highest BCUT2D eigenvalue weighted by atomic mass is 16.3. The van der Waals surface area contributed by atoms with Crippen LogP contribution in [0.1, 0.15) is 46.0 Å². The smallest absolute Gasteiger partial charge is 0.0580 e. The van der Waals surface area contributed by atoms with Crippen LogP contribution in [0.2, 0.25) is 0 Å². The van der Waals surface area contributed by atoms with E-state index in [0.29, 0.717) is 17.9 Å². The highest BCUT2D eigenvalue weighted by Crippen LogP contribution is 2.39. The molecule has 78 valence electrons. The van der Waals surface area contributed by atoms with Crippen LogP contribution in [-0.4, -0.2) is 17.8 Å². The van der Waals surface area contributed by atoms with Crippen molar-refractivity contribution >= 4 is 0 Å². The van der Waals surface area contributed by atoms with Gasteiger partial charge in [-0.2, -0.15) is 0 Å². The Hall–Kier alpha value is -0.0800. The van der Waals surface area contributed by atoms with Crippen molar-refractivity contribution in [2.45, 2.75) is 52.1 Å². The maximum absolute atomic E-state index is 9.76. The summed E-state index contributed by atoms with van der Waals surface area (Å²) in [5.74, 6) is 0.511. The molecule has 0 bridgehead atoms. The van der Waals surface area contributed by atoms with Gasteiger partial charge in [0.05, 0.1) is 6.10 Å². The van der Waals surface area contributed by atoms with Crippen molar-refractivity contribution in [2.75, 3.05) is 6.54 Å². The Balaban J connectivity index is 2.32. The van der Waals surface area contributed by atoms with Crippen LogP contribution in [0, 0.1) is 11.3 Å². The van der Waals surface area contributed by atoms with E-state index in [1.54, 1.807) is 0 Å². The molecular formula is C11H23NO. The summed E-state index contributed by atoms with van der Waals surface area (Å²) in [6, 6.07) is 0. The maximum Gasteiger partial charge on any atom is 0.0580 e. The van der Waals surface area contributed by atoms with Gasteiger partial charge in [-0.05, 0) is 50.0 Å². The predicted octanol–water partition coefficient (Wildman–Crippen LogP) is 1.91. The van der Waals surface area contributed by atoms with Crippen LogP contribution in [0.5, 0.6) is 0 Å². The molecular weight excluding hydrogens is 162 g/mol. The zero-order valence-corrected chi connectivity index (χ0v) is 8.92. The number of rotatable bonds is 3. The molecule has 1 rings (SSSR count). The standard InChI is InChI=1S/C11H23NO/c1-11(2)6-3-9(4-7-11)10(13)5-8-12/h9-10,13H,3-8,12H2,1-2H3. The highest BCUT2D eigenvalue weighted by molar-refractivity contribution is 4.81. The molecule has 0 aromatic carbocycles. The van der Waals surface area contributed by atoms with Gasteiger partial charge < -0.3 is 10.8 Å². The van der Waals surface area contributed by atoms with Crippen LogP contribution in [0.15, 0.2) is 0 Å². The Bertz CT molecular complexity index is 146. The van der Waals surface area contributed by atoms with Gasteiger partial charge in [-0.25, -0.2) is 0 Å². The molecule has 0 spiro atoms. The van der Waals surface area contributed by atoms with E-state index in [2.05, 4.69) is 13.8 Å². The predicted molar refractivity (Wildman–Crippen MR) is 55.4 cm³/mol. The lowest BCUT2D eigenvalue weighted by atomic mass is 9.71. The van der Waals surface area contributed by atoms with Crippen molar-refractivity contribution in [3.63, 3.8) is 0 Å². The average molecular weight is 185 g/mol. The van der Waals surface area contributed by atoms with Crippen molar-refractivity contribution in [3.8, 4) is 0 Å². The first-order valence-corrected chi connectivity index (χ1v) is 5.43. The third kappa shape index (κ3) is 3.28. The summed E-state index contributed by atoms with van der Waals surface area (Å²) in [4.78, 5) is 0. The van der Waals surface area contributed by atoms with Gasteiger partial charge in [-0.1, -0.05) is 13.8 Å². The number of hydrogen-bond donors (Lipinski definition) is 2. The molecule has 0 saturated heterocycles. The van der Waals surface area contributed by atoms with Crippen LogP contribution in [0.4, 0.5) is 0 Å². The molecule has 0 aromatic rings. The monoisotopic (exact) mass is 185 g/mol. The Morgan fingerprint density at radius 2 is 1.92 bits per heavy atom. The zero-order chi connectivity index (χ0) is 9.90. The van der Waals surface area contributed by atoms with Crippen LogP contribution >= 0.6 is 0 Å². The molecule has 1 saturated carbocycles. The third-order valence-corrected chi connectivity index (χ3v) is 3.39. The van der Waals surface area contributed by atoms with Crippen LogP contribution < -0.4 is 5.73 Å². The topological polar surface area (TPSA) is 46.2 Å². The van der Waals surface area contributed by atoms with Crippen LogP contribution in [0.25, 0.3) is 0 Å². The number of aliphatic hydroxyl groups is 1. The van der Waals surface area contributed by atoms with Crippen molar-refractivity contribution in [1.29, 1.82) is 0 Å². The van der Waals surface area contributed by atoms with E-state index in [9.17, 15) is 5.11 Å². The van der Waals surface area contributed by atoms with Crippen LogP contribution in [0.3, 0.4) is 0 Å². The van der Waals surface area contributed by atoms with E-state index in [-0.39, 0.29) is 6.10 Å². The normalized spacial score (nSPS) is 25.8. The van der Waals surface area contributed by atoms with E-state index in [1.165, 1.54) is 25.7 Å². The number of nitrogens with two attached hydrogens (primary N) is 1. The Morgan fingerprint density at radius 1 is 1.38 bits per heavy atom. The lowest BCUT2D eigenvalue weighted by Gasteiger charge is -2.36. The second-order valence-electron chi connectivity index (χ2n) is 5.15. The molecule has 13 heavy (non-hydrogen) atoms. The lowest BCUT2D eigenvalue weighted by Crippen LogP contribution is -2.30. The SMILES string of the molecule is CC1(C)CCC(C(O)CCN)CC1. The Labute approximate surface area is 81.5 Å². The quantitative estimate of drug-likeness (QED) is 0.705. The average Bonchev–Trinajstić information content (AvgIpc) is 2.04. The van der Waals surface area contributed by atoms with Crippen LogP contribution in [-0.2, 0) is 0 Å². The zero-order valence-electron chi connectivity index (χ0n) is 8.92. The molecule has 0 amide bonds. The van der Waals surface area contributed by atoms with Gasteiger partial charge in [0, 0.05) is 0 Å². The molecule has 0 heterocycles. The number of aliphatic hydroxyl groups excluding tert-OH is 1. The minimum absolute atomic E-state index is 0.152. The molecule has 0 aliphatic heterocycles. The first-order valence-electron chi connectivity index (χ1n) is 5.43. The second kappa shape index (κ2) is 4.43. The van der Waals surface area contributed by atoms with Gasteiger partial charge in [-0.3, -0.25) is 0 Å². The number of hydrogen-bond acceptors (Lipinski definition) is 2. The van der Waals surface area contributed by atoms with Gasteiger partial charge in [0.15, 0.2) is 0 Å². The summed E-state index contributed by atoms with van der Waals surface area (Å²) >= 11 is 0. The van der Waals surface area contributed by atoms with E-state index in [0.717, 1.165) is 6.42 Å². The van der Waals surface area contributed by atoms with Crippen molar-refractivity contribution in [1.82, 2.24) is 0 Å². The molecule has 3 N–H and O–H groups in total. The maximum atomic E-state index is 9.76. The summed E-state index contributed by atoms with van der Waals surface area (Å²) in [5.41, 5.74) is 5.93. The molecule has 1 aliphatic rings. The van der Waals surface area contributed by atoms with Crippen molar-refractivity contribution < 1.29 is 5.11 Å². The second-order valence-corrected chi connectivity index (χ2v) is 5.15. The van der Waals surface area contributed by atoms with E-state index < -0.39 is 0 Å². The first kappa shape index (κ1) is 11.0. The minimum atomic E-state index is -0.152. The lowest BCUT2D eigenvalue weighted by molar-refractivity contribution is 0.0532. The summed E-state index contributed by atoms with van der Waals surface area (Å²) in [5, 5.41) is 9.76. The fourth-order valence-corrected chi connectivity index (χ4v) is 2.21.